The zero-order valence-corrected chi connectivity index (χ0v) is 14.1. The number of carbonyl (C=O) groups excluding carboxylic acids is 1. The van der Waals surface area contributed by atoms with E-state index in [0.717, 1.165) is 12.1 Å². The Morgan fingerprint density at radius 3 is 2.29 bits per heavy atom. The molecule has 1 aromatic carbocycles. The Hall–Kier alpha value is -1.76. The van der Waals surface area contributed by atoms with Crippen LogP contribution in [0.3, 0.4) is 0 Å². The third kappa shape index (κ3) is 4.41. The van der Waals surface area contributed by atoms with Crippen LogP contribution in [0.15, 0.2) is 18.2 Å². The predicted molar refractivity (Wildman–Crippen MR) is 85.0 cm³/mol. The highest BCUT2D eigenvalue weighted by Crippen LogP contribution is 2.37. The largest absolute Gasteiger partial charge is 0.416 e. The predicted octanol–water partition coefficient (Wildman–Crippen LogP) is 3.97. The second-order valence-corrected chi connectivity index (χ2v) is 7.17. The fraction of sp³-hybridized carbons (Fsp3) is 0.588. The van der Waals surface area contributed by atoms with E-state index in [4.69, 9.17) is 10.6 Å². The molecule has 134 valence electrons. The van der Waals surface area contributed by atoms with Crippen molar-refractivity contribution >= 4 is 11.7 Å². The Morgan fingerprint density at radius 2 is 1.79 bits per heavy atom. The minimum atomic E-state index is -4.38. The van der Waals surface area contributed by atoms with Gasteiger partial charge in [-0.3, -0.25) is 0 Å². The number of nitrogens with zero attached hydrogens (tertiary/aromatic N) is 1. The molecule has 0 aromatic heterocycles. The third-order valence-electron chi connectivity index (χ3n) is 4.13. The van der Waals surface area contributed by atoms with Crippen LogP contribution >= 0.6 is 0 Å². The monoisotopic (exact) mass is 344 g/mol. The SMILES string of the molecule is CC(C)(C)C(=O)ON1CCC(c2cc(C(F)(F)F)ccc2N)CC1. The summed E-state index contributed by atoms with van der Waals surface area (Å²) in [6, 6.07) is 3.44. The number of alkyl halides is 3. The molecule has 7 heteroatoms. The van der Waals surface area contributed by atoms with Crippen LogP contribution in [-0.2, 0) is 15.8 Å². The fourth-order valence-electron chi connectivity index (χ4n) is 2.62. The Balaban J connectivity index is 2.04. The first-order valence-electron chi connectivity index (χ1n) is 7.92. The maximum atomic E-state index is 12.9. The van der Waals surface area contributed by atoms with Gasteiger partial charge in [-0.2, -0.15) is 13.2 Å². The summed E-state index contributed by atoms with van der Waals surface area (Å²) in [4.78, 5) is 17.2. The number of hydrogen-bond acceptors (Lipinski definition) is 4. The van der Waals surface area contributed by atoms with E-state index in [-0.39, 0.29) is 11.9 Å². The Kier molecular flexibility index (Phi) is 5.13. The molecular formula is C17H23F3N2O2. The van der Waals surface area contributed by atoms with Crippen molar-refractivity contribution in [3.63, 3.8) is 0 Å². The molecule has 24 heavy (non-hydrogen) atoms. The summed E-state index contributed by atoms with van der Waals surface area (Å²) in [6.07, 6.45) is -3.21. The summed E-state index contributed by atoms with van der Waals surface area (Å²) in [7, 11) is 0. The Labute approximate surface area is 139 Å². The lowest BCUT2D eigenvalue weighted by Gasteiger charge is -2.32. The number of hydrogen-bond donors (Lipinski definition) is 1. The summed E-state index contributed by atoms with van der Waals surface area (Å²) in [5.41, 5.74) is 5.48. The molecule has 0 atom stereocenters. The van der Waals surface area contributed by atoms with E-state index in [1.165, 1.54) is 6.07 Å². The van der Waals surface area contributed by atoms with Gasteiger partial charge in [0.2, 0.25) is 0 Å². The van der Waals surface area contributed by atoms with Crippen LogP contribution in [0, 0.1) is 5.41 Å². The van der Waals surface area contributed by atoms with Crippen LogP contribution in [0.4, 0.5) is 18.9 Å². The average molecular weight is 344 g/mol. The maximum absolute atomic E-state index is 12.9. The van der Waals surface area contributed by atoms with E-state index in [1.807, 2.05) is 0 Å². The molecule has 0 bridgehead atoms. The fourth-order valence-corrected chi connectivity index (χ4v) is 2.62. The number of halogens is 3. The topological polar surface area (TPSA) is 55.6 Å². The summed E-state index contributed by atoms with van der Waals surface area (Å²) in [6.45, 7) is 6.26. The number of anilines is 1. The summed E-state index contributed by atoms with van der Waals surface area (Å²) in [5, 5.41) is 1.58. The lowest BCUT2D eigenvalue weighted by atomic mass is 9.88. The van der Waals surface area contributed by atoms with Gasteiger partial charge >= 0.3 is 12.1 Å². The Bertz CT molecular complexity index is 601. The minimum absolute atomic E-state index is 0.0723. The van der Waals surface area contributed by atoms with Crippen molar-refractivity contribution in [2.24, 2.45) is 5.41 Å². The van der Waals surface area contributed by atoms with E-state index in [9.17, 15) is 18.0 Å². The molecule has 1 saturated heterocycles. The second-order valence-electron chi connectivity index (χ2n) is 7.17. The van der Waals surface area contributed by atoms with Crippen molar-refractivity contribution in [1.82, 2.24) is 5.06 Å². The van der Waals surface area contributed by atoms with E-state index in [0.29, 0.717) is 37.2 Å². The van der Waals surface area contributed by atoms with Gasteiger partial charge in [0.15, 0.2) is 0 Å². The number of piperidine rings is 1. The zero-order chi connectivity index (χ0) is 18.1. The highest BCUT2D eigenvalue weighted by Gasteiger charge is 2.33. The van der Waals surface area contributed by atoms with Crippen molar-refractivity contribution in [2.45, 2.75) is 45.7 Å². The average Bonchev–Trinajstić information content (AvgIpc) is 2.46. The van der Waals surface area contributed by atoms with Crippen molar-refractivity contribution in [3.8, 4) is 0 Å². The molecule has 0 saturated carbocycles. The number of nitrogen functional groups attached to an aromatic ring is 1. The molecule has 0 unspecified atom stereocenters. The molecule has 4 nitrogen and oxygen atoms in total. The molecule has 2 N–H and O–H groups in total. The molecular weight excluding hydrogens is 321 g/mol. The molecule has 1 aliphatic rings. The van der Waals surface area contributed by atoms with Crippen LogP contribution < -0.4 is 5.73 Å². The van der Waals surface area contributed by atoms with Crippen LogP contribution in [0.25, 0.3) is 0 Å². The molecule has 1 fully saturated rings. The van der Waals surface area contributed by atoms with Gasteiger partial charge in [0.1, 0.15) is 0 Å². The molecule has 0 radical (unpaired) electrons. The van der Waals surface area contributed by atoms with Crippen LogP contribution in [0.2, 0.25) is 0 Å². The van der Waals surface area contributed by atoms with Crippen molar-refractivity contribution in [2.75, 3.05) is 18.8 Å². The molecule has 1 aromatic rings. The number of benzene rings is 1. The molecule has 1 aliphatic heterocycles. The summed E-state index contributed by atoms with van der Waals surface area (Å²) >= 11 is 0. The molecule has 0 aliphatic carbocycles. The van der Waals surface area contributed by atoms with Gasteiger partial charge in [0, 0.05) is 18.8 Å². The van der Waals surface area contributed by atoms with Crippen LogP contribution in [-0.4, -0.2) is 24.1 Å². The highest BCUT2D eigenvalue weighted by atomic mass is 19.4. The van der Waals surface area contributed by atoms with Crippen LogP contribution in [0.5, 0.6) is 0 Å². The van der Waals surface area contributed by atoms with Gasteiger partial charge in [-0.25, -0.2) is 4.79 Å². The van der Waals surface area contributed by atoms with Gasteiger partial charge < -0.3 is 10.6 Å². The van der Waals surface area contributed by atoms with Crippen molar-refractivity contribution < 1.29 is 22.8 Å². The van der Waals surface area contributed by atoms with Gasteiger partial charge in [-0.15, -0.1) is 5.06 Å². The molecule has 2 rings (SSSR count). The van der Waals surface area contributed by atoms with Crippen LogP contribution in [0.1, 0.15) is 50.7 Å². The van der Waals surface area contributed by atoms with E-state index >= 15 is 0 Å². The maximum Gasteiger partial charge on any atom is 0.416 e. The number of nitrogens with two attached hydrogens (primary N) is 1. The van der Waals surface area contributed by atoms with Crippen molar-refractivity contribution in [3.05, 3.63) is 29.3 Å². The minimum Gasteiger partial charge on any atom is -0.398 e. The summed E-state index contributed by atoms with van der Waals surface area (Å²) in [5.74, 6) is -0.392. The number of rotatable bonds is 2. The standard InChI is InChI=1S/C17H23F3N2O2/c1-16(2,3)15(23)24-22-8-6-11(7-9-22)13-10-12(17(18,19)20)4-5-14(13)21/h4-5,10-11H,6-9,21H2,1-3H3. The highest BCUT2D eigenvalue weighted by molar-refractivity contribution is 5.75. The Morgan fingerprint density at radius 1 is 1.21 bits per heavy atom. The molecule has 0 amide bonds. The van der Waals surface area contributed by atoms with Gasteiger partial charge in [-0.1, -0.05) is 0 Å². The number of carbonyl (C=O) groups is 1. The third-order valence-corrected chi connectivity index (χ3v) is 4.13. The normalized spacial score (nSPS) is 17.8. The van der Waals surface area contributed by atoms with Gasteiger partial charge in [-0.05, 0) is 63.3 Å². The first-order chi connectivity index (χ1) is 11.0. The van der Waals surface area contributed by atoms with Crippen molar-refractivity contribution in [1.29, 1.82) is 0 Å². The second kappa shape index (κ2) is 6.63. The summed E-state index contributed by atoms with van der Waals surface area (Å²) < 4.78 is 38.6. The van der Waals surface area contributed by atoms with E-state index < -0.39 is 17.2 Å². The van der Waals surface area contributed by atoms with E-state index in [1.54, 1.807) is 25.8 Å². The quantitative estimate of drug-likeness (QED) is 0.825. The first kappa shape index (κ1) is 18.6. The molecule has 0 spiro atoms. The zero-order valence-electron chi connectivity index (χ0n) is 14.1. The first-order valence-corrected chi connectivity index (χ1v) is 7.92. The van der Waals surface area contributed by atoms with Gasteiger partial charge in [0.25, 0.3) is 0 Å². The van der Waals surface area contributed by atoms with Gasteiger partial charge in [0.05, 0.1) is 11.0 Å². The molecule has 1 heterocycles. The smallest absolute Gasteiger partial charge is 0.398 e. The lowest BCUT2D eigenvalue weighted by molar-refractivity contribution is -0.204. The lowest BCUT2D eigenvalue weighted by Crippen LogP contribution is -2.38. The van der Waals surface area contributed by atoms with E-state index in [2.05, 4.69) is 0 Å². The number of hydroxylamine groups is 2.